The SMILES string of the molecule is CCOC(=O)C1C(c2ccc([N+](=O)[O-])cc2)N1Cc1ccccc1. The normalized spacial score (nSPS) is 22.0. The van der Waals surface area contributed by atoms with Crippen LogP contribution in [0.5, 0.6) is 0 Å². The van der Waals surface area contributed by atoms with E-state index in [9.17, 15) is 14.9 Å². The van der Waals surface area contributed by atoms with Crippen LogP contribution in [0.1, 0.15) is 24.1 Å². The Balaban J connectivity index is 1.80. The van der Waals surface area contributed by atoms with Crippen LogP contribution < -0.4 is 0 Å². The molecule has 6 heteroatoms. The topological polar surface area (TPSA) is 72.5 Å². The van der Waals surface area contributed by atoms with Crippen molar-refractivity contribution >= 4 is 11.7 Å². The van der Waals surface area contributed by atoms with Crippen LogP contribution >= 0.6 is 0 Å². The number of carbonyl (C=O) groups is 1. The first kappa shape index (κ1) is 16.1. The first-order chi connectivity index (χ1) is 11.6. The van der Waals surface area contributed by atoms with Crippen LogP contribution in [0, 0.1) is 10.1 Å². The number of hydrogen-bond acceptors (Lipinski definition) is 5. The Kier molecular flexibility index (Phi) is 4.57. The molecule has 2 aromatic carbocycles. The number of esters is 1. The summed E-state index contributed by atoms with van der Waals surface area (Å²) in [4.78, 5) is 24.6. The zero-order chi connectivity index (χ0) is 17.1. The molecule has 1 heterocycles. The zero-order valence-electron chi connectivity index (χ0n) is 13.3. The van der Waals surface area contributed by atoms with Crippen molar-refractivity contribution in [3.8, 4) is 0 Å². The second-order valence-electron chi connectivity index (χ2n) is 5.65. The molecule has 1 aliphatic heterocycles. The van der Waals surface area contributed by atoms with E-state index in [0.29, 0.717) is 13.2 Å². The highest BCUT2D eigenvalue weighted by atomic mass is 16.6. The summed E-state index contributed by atoms with van der Waals surface area (Å²) in [5.74, 6) is -0.253. The fourth-order valence-corrected chi connectivity index (χ4v) is 2.93. The fourth-order valence-electron chi connectivity index (χ4n) is 2.93. The molecule has 24 heavy (non-hydrogen) atoms. The molecule has 0 N–H and O–H groups in total. The van der Waals surface area contributed by atoms with Gasteiger partial charge in [0.05, 0.1) is 17.6 Å². The summed E-state index contributed by atoms with van der Waals surface area (Å²) in [6, 6.07) is 15.8. The predicted molar refractivity (Wildman–Crippen MR) is 88.2 cm³/mol. The molecule has 0 spiro atoms. The number of benzene rings is 2. The Morgan fingerprint density at radius 1 is 1.17 bits per heavy atom. The molecule has 3 atom stereocenters. The van der Waals surface area contributed by atoms with E-state index in [4.69, 9.17) is 4.74 Å². The average Bonchev–Trinajstić information content (AvgIpc) is 3.30. The van der Waals surface area contributed by atoms with Gasteiger partial charge in [-0.1, -0.05) is 42.5 Å². The molecule has 6 nitrogen and oxygen atoms in total. The van der Waals surface area contributed by atoms with E-state index in [2.05, 4.69) is 0 Å². The van der Waals surface area contributed by atoms with Gasteiger partial charge in [0.1, 0.15) is 6.04 Å². The van der Waals surface area contributed by atoms with Gasteiger partial charge in [0.15, 0.2) is 0 Å². The van der Waals surface area contributed by atoms with Gasteiger partial charge in [0.2, 0.25) is 0 Å². The number of ether oxygens (including phenoxy) is 1. The lowest BCUT2D eigenvalue weighted by atomic mass is 10.1. The van der Waals surface area contributed by atoms with Gasteiger partial charge in [0, 0.05) is 18.7 Å². The molecule has 0 bridgehead atoms. The molecule has 1 saturated heterocycles. The maximum Gasteiger partial charge on any atom is 0.325 e. The lowest BCUT2D eigenvalue weighted by molar-refractivity contribution is -0.384. The van der Waals surface area contributed by atoms with Gasteiger partial charge in [-0.2, -0.15) is 0 Å². The van der Waals surface area contributed by atoms with Crippen molar-refractivity contribution in [2.24, 2.45) is 0 Å². The number of hydrogen-bond donors (Lipinski definition) is 0. The monoisotopic (exact) mass is 326 g/mol. The van der Waals surface area contributed by atoms with Crippen molar-refractivity contribution < 1.29 is 14.5 Å². The summed E-state index contributed by atoms with van der Waals surface area (Å²) >= 11 is 0. The van der Waals surface area contributed by atoms with E-state index < -0.39 is 4.92 Å². The molecular formula is C18H18N2O4. The summed E-state index contributed by atoms with van der Waals surface area (Å²) in [5.41, 5.74) is 2.03. The first-order valence-electron chi connectivity index (χ1n) is 7.82. The quantitative estimate of drug-likeness (QED) is 0.353. The minimum atomic E-state index is -0.429. The molecule has 124 valence electrons. The summed E-state index contributed by atoms with van der Waals surface area (Å²) in [7, 11) is 0. The number of nitrogens with zero attached hydrogens (tertiary/aromatic N) is 2. The first-order valence-corrected chi connectivity index (χ1v) is 7.82. The van der Waals surface area contributed by atoms with E-state index >= 15 is 0 Å². The van der Waals surface area contributed by atoms with Gasteiger partial charge in [-0.15, -0.1) is 0 Å². The average molecular weight is 326 g/mol. The number of rotatable bonds is 6. The van der Waals surface area contributed by atoms with E-state index in [1.165, 1.54) is 12.1 Å². The van der Waals surface area contributed by atoms with Crippen LogP contribution in [0.25, 0.3) is 0 Å². The highest BCUT2D eigenvalue weighted by molar-refractivity contribution is 5.80. The van der Waals surface area contributed by atoms with Crippen LogP contribution in [0.2, 0.25) is 0 Å². The van der Waals surface area contributed by atoms with Crippen LogP contribution in [0.15, 0.2) is 54.6 Å². The van der Waals surface area contributed by atoms with Gasteiger partial charge in [-0.05, 0) is 18.1 Å². The highest BCUT2D eigenvalue weighted by Gasteiger charge is 2.54. The highest BCUT2D eigenvalue weighted by Crippen LogP contribution is 2.45. The van der Waals surface area contributed by atoms with E-state index in [-0.39, 0.29) is 23.7 Å². The molecule has 1 fully saturated rings. The maximum atomic E-state index is 12.2. The van der Waals surface area contributed by atoms with Gasteiger partial charge >= 0.3 is 5.97 Å². The predicted octanol–water partition coefficient (Wildman–Crippen LogP) is 3.08. The third-order valence-electron chi connectivity index (χ3n) is 4.11. The van der Waals surface area contributed by atoms with E-state index in [0.717, 1.165) is 11.1 Å². The molecule has 0 aliphatic carbocycles. The largest absolute Gasteiger partial charge is 0.465 e. The molecule has 3 rings (SSSR count). The standard InChI is InChI=1S/C18H18N2O4/c1-2-24-18(21)17-16(14-8-10-15(11-9-14)20(22)23)19(17)12-13-6-4-3-5-7-13/h3-11,16-17H,2,12H2,1H3. The van der Waals surface area contributed by atoms with Crippen molar-refractivity contribution in [2.45, 2.75) is 25.6 Å². The van der Waals surface area contributed by atoms with Crippen LogP contribution in [0.4, 0.5) is 5.69 Å². The second-order valence-corrected chi connectivity index (χ2v) is 5.65. The third-order valence-corrected chi connectivity index (χ3v) is 4.11. The molecule has 0 amide bonds. The van der Waals surface area contributed by atoms with Crippen molar-refractivity contribution in [2.75, 3.05) is 6.61 Å². The molecule has 3 unspecified atom stereocenters. The van der Waals surface area contributed by atoms with Gasteiger partial charge in [-0.25, -0.2) is 0 Å². The fraction of sp³-hybridized carbons (Fsp3) is 0.278. The molecular weight excluding hydrogens is 308 g/mol. The molecule has 0 radical (unpaired) electrons. The summed E-state index contributed by atoms with van der Waals surface area (Å²) < 4.78 is 5.16. The summed E-state index contributed by atoms with van der Waals surface area (Å²) in [5, 5.41) is 10.8. The smallest absolute Gasteiger partial charge is 0.325 e. The van der Waals surface area contributed by atoms with Crippen molar-refractivity contribution in [1.82, 2.24) is 4.90 Å². The number of nitro groups is 1. The van der Waals surface area contributed by atoms with Gasteiger partial charge in [-0.3, -0.25) is 19.8 Å². The second kappa shape index (κ2) is 6.80. The minimum Gasteiger partial charge on any atom is -0.465 e. The van der Waals surface area contributed by atoms with Crippen LogP contribution in [-0.2, 0) is 16.1 Å². The Hall–Kier alpha value is -2.73. The lowest BCUT2D eigenvalue weighted by Gasteiger charge is -2.04. The van der Waals surface area contributed by atoms with Crippen LogP contribution in [-0.4, -0.2) is 28.4 Å². The minimum absolute atomic E-state index is 0.0432. The van der Waals surface area contributed by atoms with Crippen LogP contribution in [0.3, 0.4) is 0 Å². The number of non-ortho nitro benzene ring substituents is 1. The van der Waals surface area contributed by atoms with Crippen molar-refractivity contribution in [3.63, 3.8) is 0 Å². The van der Waals surface area contributed by atoms with Crippen molar-refractivity contribution in [3.05, 3.63) is 75.8 Å². The van der Waals surface area contributed by atoms with Crippen molar-refractivity contribution in [1.29, 1.82) is 0 Å². The Labute approximate surface area is 139 Å². The maximum absolute atomic E-state index is 12.2. The van der Waals surface area contributed by atoms with E-state index in [1.54, 1.807) is 19.1 Å². The summed E-state index contributed by atoms with van der Waals surface area (Å²) in [6.45, 7) is 2.75. The Bertz CT molecular complexity index is 730. The van der Waals surface area contributed by atoms with E-state index in [1.807, 2.05) is 35.2 Å². The molecule has 2 aromatic rings. The zero-order valence-corrected chi connectivity index (χ0v) is 13.3. The third kappa shape index (κ3) is 3.28. The van der Waals surface area contributed by atoms with Gasteiger partial charge < -0.3 is 4.74 Å². The Morgan fingerprint density at radius 2 is 1.83 bits per heavy atom. The number of nitro benzene ring substituents is 1. The molecule has 0 saturated carbocycles. The Morgan fingerprint density at radius 3 is 2.42 bits per heavy atom. The number of carbonyl (C=O) groups excluding carboxylic acids is 1. The lowest BCUT2D eigenvalue weighted by Crippen LogP contribution is -2.16. The molecule has 0 aromatic heterocycles. The summed E-state index contributed by atoms with van der Waals surface area (Å²) in [6.07, 6.45) is 0. The van der Waals surface area contributed by atoms with Gasteiger partial charge in [0.25, 0.3) is 5.69 Å². The molecule has 1 aliphatic rings.